The van der Waals surface area contributed by atoms with Gasteiger partial charge in [-0.25, -0.2) is 27.5 Å². The molecule has 2 aromatic carbocycles. The number of fused-ring (bicyclic) bond motifs is 1. The van der Waals surface area contributed by atoms with Crippen molar-refractivity contribution in [2.75, 3.05) is 43.9 Å². The molecule has 2 fully saturated rings. The summed E-state index contributed by atoms with van der Waals surface area (Å²) in [6.45, 7) is 9.59. The summed E-state index contributed by atoms with van der Waals surface area (Å²) in [7, 11) is -3.33. The van der Waals surface area contributed by atoms with Crippen molar-refractivity contribution in [1.29, 1.82) is 0 Å². The Morgan fingerprint density at radius 2 is 1.85 bits per heavy atom. The van der Waals surface area contributed by atoms with E-state index in [1.807, 2.05) is 51.2 Å². The maximum atomic E-state index is 14.4. The first-order chi connectivity index (χ1) is 25.9. The zero-order valence-corrected chi connectivity index (χ0v) is 32.1. The molecule has 1 atom stereocenters. The summed E-state index contributed by atoms with van der Waals surface area (Å²) >= 11 is 0. The van der Waals surface area contributed by atoms with Gasteiger partial charge < -0.3 is 19.3 Å². The molecule has 1 unspecified atom stereocenters. The quantitative estimate of drug-likeness (QED) is 0.170. The number of benzene rings is 2. The summed E-state index contributed by atoms with van der Waals surface area (Å²) in [6, 6.07) is 16.1. The molecule has 12 nitrogen and oxygen atoms in total. The van der Waals surface area contributed by atoms with Gasteiger partial charge in [-0.15, -0.1) is 0 Å². The SMILES string of the molecule is CCN(C(=O)c1cc(F)ccc1Oc1cncnc1N1CC2(CC(Oc3ccnc4c3C(CCNS(C)(=O)=O)N(Cc3ccccc3)CC4)C2)C1)C(C)C. The molecule has 1 aliphatic carbocycles. The van der Waals surface area contributed by atoms with Gasteiger partial charge in [-0.3, -0.25) is 14.7 Å². The van der Waals surface area contributed by atoms with Crippen molar-refractivity contribution < 1.29 is 27.1 Å². The molecule has 4 aromatic rings. The highest BCUT2D eigenvalue weighted by molar-refractivity contribution is 7.88. The summed E-state index contributed by atoms with van der Waals surface area (Å²) in [4.78, 5) is 33.1. The third-order valence-corrected chi connectivity index (χ3v) is 11.4. The van der Waals surface area contributed by atoms with Crippen LogP contribution in [-0.4, -0.2) is 90.2 Å². The van der Waals surface area contributed by atoms with E-state index in [2.05, 4.69) is 36.6 Å². The van der Waals surface area contributed by atoms with Crippen LogP contribution in [0.5, 0.6) is 17.2 Å². The lowest BCUT2D eigenvalue weighted by atomic mass is 9.61. The van der Waals surface area contributed by atoms with Gasteiger partial charge in [0.25, 0.3) is 5.91 Å². The molecular weight excluding hydrogens is 710 g/mol. The third kappa shape index (κ3) is 8.20. The number of sulfonamides is 1. The zero-order valence-electron chi connectivity index (χ0n) is 31.2. The molecule has 1 saturated heterocycles. The topological polar surface area (TPSA) is 130 Å². The fourth-order valence-corrected chi connectivity index (χ4v) is 8.68. The summed E-state index contributed by atoms with van der Waals surface area (Å²) in [5.74, 6) is 1.25. The number of halogens is 1. The Balaban J connectivity index is 1.03. The Kier molecular flexibility index (Phi) is 10.9. The largest absolute Gasteiger partial charge is 0.490 e. The van der Waals surface area contributed by atoms with Gasteiger partial charge in [0.2, 0.25) is 10.0 Å². The van der Waals surface area contributed by atoms with E-state index >= 15 is 0 Å². The molecule has 14 heteroatoms. The predicted octanol–water partition coefficient (Wildman–Crippen LogP) is 5.76. The molecule has 7 rings (SSSR count). The van der Waals surface area contributed by atoms with E-state index in [1.54, 1.807) is 11.1 Å². The van der Waals surface area contributed by atoms with Crippen LogP contribution in [0.2, 0.25) is 0 Å². The minimum absolute atomic E-state index is 0.0225. The van der Waals surface area contributed by atoms with Crippen LogP contribution < -0.4 is 19.1 Å². The smallest absolute Gasteiger partial charge is 0.257 e. The number of anilines is 1. The van der Waals surface area contributed by atoms with Gasteiger partial charge in [0.05, 0.1) is 23.7 Å². The maximum absolute atomic E-state index is 14.4. The van der Waals surface area contributed by atoms with Gasteiger partial charge in [0.15, 0.2) is 11.6 Å². The predicted molar refractivity (Wildman–Crippen MR) is 204 cm³/mol. The van der Waals surface area contributed by atoms with Gasteiger partial charge in [0, 0.05) is 74.9 Å². The Morgan fingerprint density at radius 1 is 1.07 bits per heavy atom. The van der Waals surface area contributed by atoms with Crippen molar-refractivity contribution in [2.24, 2.45) is 5.41 Å². The standard InChI is InChI=1S/C40H48FN7O5S/c1-5-48(27(2)3)39(49)31-19-29(41)11-12-34(31)53-36-22-42-26-44-38(36)47-24-40(25-47)20-30(21-40)52-35-14-16-43-32-15-18-46(23-28-9-7-6-8-10-28)33(37(32)35)13-17-45-54(4,50)51/h6-12,14,16,19,22,26-27,30,33,45H,5,13,15,17-18,20-21,23-25H2,1-4H3. The van der Waals surface area contributed by atoms with Crippen molar-refractivity contribution in [1.82, 2.24) is 29.5 Å². The Bertz CT molecular complexity index is 2070. The highest BCUT2D eigenvalue weighted by Gasteiger charge is 2.54. The average Bonchev–Trinajstić information content (AvgIpc) is 3.10. The Morgan fingerprint density at radius 3 is 2.57 bits per heavy atom. The van der Waals surface area contributed by atoms with Gasteiger partial charge in [0.1, 0.15) is 29.7 Å². The van der Waals surface area contributed by atoms with Crippen LogP contribution in [-0.2, 0) is 23.0 Å². The van der Waals surface area contributed by atoms with Crippen LogP contribution in [0.3, 0.4) is 0 Å². The first kappa shape index (κ1) is 37.6. The lowest BCUT2D eigenvalue weighted by Crippen LogP contribution is -2.65. The fourth-order valence-electron chi connectivity index (χ4n) is 8.19. The number of hydrogen-bond donors (Lipinski definition) is 1. The number of ether oxygens (including phenoxy) is 2. The van der Waals surface area contributed by atoms with E-state index in [0.29, 0.717) is 31.1 Å². The lowest BCUT2D eigenvalue weighted by molar-refractivity contribution is -0.0357. The number of aromatic nitrogens is 3. The second kappa shape index (κ2) is 15.6. The van der Waals surface area contributed by atoms with Gasteiger partial charge in [-0.2, -0.15) is 0 Å². The first-order valence-corrected chi connectivity index (χ1v) is 20.5. The molecule has 1 spiro atoms. The molecule has 0 bridgehead atoms. The molecule has 2 aromatic heterocycles. The zero-order chi connectivity index (χ0) is 38.0. The average molecular weight is 758 g/mol. The minimum atomic E-state index is -3.33. The molecule has 3 aliphatic rings. The van der Waals surface area contributed by atoms with Gasteiger partial charge in [-0.05, 0) is 69.9 Å². The number of nitrogens with zero attached hydrogens (tertiary/aromatic N) is 6. The van der Waals surface area contributed by atoms with E-state index in [-0.39, 0.29) is 40.8 Å². The molecule has 4 heterocycles. The normalized spacial score (nSPS) is 18.2. The second-order valence-electron chi connectivity index (χ2n) is 15.0. The van der Waals surface area contributed by atoms with Crippen molar-refractivity contribution >= 4 is 21.7 Å². The van der Waals surface area contributed by atoms with E-state index < -0.39 is 15.8 Å². The number of amides is 1. The molecule has 1 N–H and O–H groups in total. The lowest BCUT2D eigenvalue weighted by Gasteiger charge is -2.59. The number of rotatable bonds is 14. The third-order valence-electron chi connectivity index (χ3n) is 10.7. The highest BCUT2D eigenvalue weighted by Crippen LogP contribution is 2.52. The van der Waals surface area contributed by atoms with Crippen LogP contribution in [0.25, 0.3) is 0 Å². The number of pyridine rings is 1. The van der Waals surface area contributed by atoms with Crippen molar-refractivity contribution in [3.05, 3.63) is 102 Å². The van der Waals surface area contributed by atoms with Crippen LogP contribution >= 0.6 is 0 Å². The number of carbonyl (C=O) groups is 1. The molecule has 2 aliphatic heterocycles. The highest BCUT2D eigenvalue weighted by atomic mass is 32.2. The van der Waals surface area contributed by atoms with Gasteiger partial charge in [-0.1, -0.05) is 30.3 Å². The van der Waals surface area contributed by atoms with Gasteiger partial charge >= 0.3 is 0 Å². The molecule has 286 valence electrons. The van der Waals surface area contributed by atoms with Crippen molar-refractivity contribution in [2.45, 2.75) is 71.2 Å². The van der Waals surface area contributed by atoms with Crippen LogP contribution in [0.15, 0.2) is 73.3 Å². The summed E-state index contributed by atoms with van der Waals surface area (Å²) in [5, 5.41) is 0. The molecule has 54 heavy (non-hydrogen) atoms. The van der Waals surface area contributed by atoms with E-state index in [9.17, 15) is 17.6 Å². The Hall–Kier alpha value is -4.66. The monoisotopic (exact) mass is 757 g/mol. The van der Waals surface area contributed by atoms with E-state index in [0.717, 1.165) is 62.4 Å². The number of nitrogens with one attached hydrogen (secondary N) is 1. The van der Waals surface area contributed by atoms with E-state index in [4.69, 9.17) is 14.5 Å². The van der Waals surface area contributed by atoms with E-state index in [1.165, 1.54) is 36.3 Å². The summed E-state index contributed by atoms with van der Waals surface area (Å²) in [5.41, 5.74) is 3.45. The van der Waals surface area contributed by atoms with Crippen molar-refractivity contribution in [3.63, 3.8) is 0 Å². The molecule has 1 amide bonds. The van der Waals surface area contributed by atoms with Crippen LogP contribution in [0, 0.1) is 11.2 Å². The number of carbonyl (C=O) groups excluding carboxylic acids is 1. The molecule has 0 radical (unpaired) electrons. The van der Waals surface area contributed by atoms with Crippen LogP contribution in [0.1, 0.15) is 73.3 Å². The summed E-state index contributed by atoms with van der Waals surface area (Å²) < 4.78 is 54.0. The minimum Gasteiger partial charge on any atom is -0.490 e. The summed E-state index contributed by atoms with van der Waals surface area (Å²) in [6.07, 6.45) is 9.18. The van der Waals surface area contributed by atoms with Crippen molar-refractivity contribution in [3.8, 4) is 17.2 Å². The second-order valence-corrected chi connectivity index (χ2v) is 16.8. The Labute approximate surface area is 316 Å². The molecule has 1 saturated carbocycles. The van der Waals surface area contributed by atoms with Crippen LogP contribution in [0.4, 0.5) is 10.2 Å². The first-order valence-electron chi connectivity index (χ1n) is 18.6. The molecular formula is C40H48FN7O5S. The number of hydrogen-bond acceptors (Lipinski definition) is 10. The fraction of sp³-hybridized carbons (Fsp3) is 0.450. The maximum Gasteiger partial charge on any atom is 0.257 e.